The van der Waals surface area contributed by atoms with Crippen LogP contribution in [0.15, 0.2) is 42.9 Å². The van der Waals surface area contributed by atoms with E-state index in [9.17, 15) is 14.0 Å². The Morgan fingerprint density at radius 1 is 1.13 bits per heavy atom. The first-order chi connectivity index (χ1) is 14.5. The van der Waals surface area contributed by atoms with Crippen molar-refractivity contribution in [3.05, 3.63) is 81.1 Å². The summed E-state index contributed by atoms with van der Waals surface area (Å²) in [6.07, 6.45) is 7.18. The number of hydrogen-bond acceptors (Lipinski definition) is 4. The molecule has 0 atom stereocenters. The molecular weight excluding hydrogens is 428 g/mol. The van der Waals surface area contributed by atoms with E-state index < -0.39 is 11.6 Å². The van der Waals surface area contributed by atoms with Crippen molar-refractivity contribution in [3.8, 4) is 0 Å². The molecule has 1 aliphatic heterocycles. The summed E-state index contributed by atoms with van der Waals surface area (Å²) in [4.78, 5) is 34.8. The number of aromatic amines is 1. The summed E-state index contributed by atoms with van der Waals surface area (Å²) in [6, 6.07) is 5.98. The molecule has 1 aliphatic rings. The van der Waals surface area contributed by atoms with E-state index in [0.29, 0.717) is 0 Å². The van der Waals surface area contributed by atoms with Gasteiger partial charge in [-0.1, -0.05) is 23.2 Å². The van der Waals surface area contributed by atoms with Gasteiger partial charge < -0.3 is 9.88 Å². The van der Waals surface area contributed by atoms with Crippen molar-refractivity contribution < 1.29 is 14.0 Å². The smallest absolute Gasteiger partial charge is 0.199 e. The minimum absolute atomic E-state index is 0.0402. The van der Waals surface area contributed by atoms with Gasteiger partial charge in [-0.3, -0.25) is 14.6 Å². The Hall–Kier alpha value is -2.70. The molecule has 3 heterocycles. The summed E-state index contributed by atoms with van der Waals surface area (Å²) in [7, 11) is 0. The quantitative estimate of drug-likeness (QED) is 0.422. The topological polar surface area (TPSA) is 66.1 Å². The molecule has 1 N–H and O–H groups in total. The highest BCUT2D eigenvalue weighted by molar-refractivity contribution is 6.37. The number of H-pyrrole nitrogens is 1. The second-order valence-corrected chi connectivity index (χ2v) is 7.96. The van der Waals surface area contributed by atoms with Crippen LogP contribution >= 0.6 is 23.2 Å². The average Bonchev–Trinajstić information content (AvgIpc) is 3.43. The first kappa shape index (κ1) is 20.6. The van der Waals surface area contributed by atoms with Crippen LogP contribution < -0.4 is 4.90 Å². The molecule has 3 aromatic rings. The number of nitrogens with one attached hydrogen (secondary N) is 1. The van der Waals surface area contributed by atoms with Gasteiger partial charge in [-0.05, 0) is 37.1 Å². The van der Waals surface area contributed by atoms with Gasteiger partial charge in [0.2, 0.25) is 0 Å². The van der Waals surface area contributed by atoms with E-state index in [1.54, 1.807) is 12.4 Å². The maximum absolute atomic E-state index is 14.3. The normalized spacial score (nSPS) is 13.6. The fourth-order valence-electron chi connectivity index (χ4n) is 3.66. The van der Waals surface area contributed by atoms with Crippen LogP contribution in [0.2, 0.25) is 10.0 Å². The van der Waals surface area contributed by atoms with E-state index in [-0.39, 0.29) is 39.1 Å². The predicted molar refractivity (Wildman–Crippen MR) is 114 cm³/mol. The number of pyridine rings is 1. The molecule has 0 saturated carbocycles. The van der Waals surface area contributed by atoms with Crippen LogP contribution in [0.5, 0.6) is 0 Å². The number of anilines is 1. The molecule has 0 aliphatic carbocycles. The van der Waals surface area contributed by atoms with Gasteiger partial charge in [0.15, 0.2) is 17.4 Å². The molecule has 1 saturated heterocycles. The summed E-state index contributed by atoms with van der Waals surface area (Å²) >= 11 is 11.8. The zero-order chi connectivity index (χ0) is 21.3. The third-order valence-electron chi connectivity index (χ3n) is 5.19. The highest BCUT2D eigenvalue weighted by Gasteiger charge is 2.23. The number of carbonyl (C=O) groups is 2. The van der Waals surface area contributed by atoms with E-state index in [0.717, 1.165) is 37.2 Å². The second kappa shape index (κ2) is 8.58. The minimum Gasteiger partial charge on any atom is -0.371 e. The zero-order valence-corrected chi connectivity index (χ0v) is 17.4. The van der Waals surface area contributed by atoms with Crippen molar-refractivity contribution in [2.75, 3.05) is 18.0 Å². The van der Waals surface area contributed by atoms with Gasteiger partial charge in [0.25, 0.3) is 0 Å². The first-order valence-electron chi connectivity index (χ1n) is 9.53. The summed E-state index contributed by atoms with van der Waals surface area (Å²) in [6.45, 7) is 1.91. The number of rotatable bonds is 6. The molecule has 0 spiro atoms. The van der Waals surface area contributed by atoms with Gasteiger partial charge in [0, 0.05) is 54.9 Å². The highest BCUT2D eigenvalue weighted by atomic mass is 35.5. The Labute approximate surface area is 182 Å². The molecule has 1 fully saturated rings. The Bertz CT molecular complexity index is 1120. The molecular formula is C22H18Cl2FN3O2. The molecule has 8 heteroatoms. The summed E-state index contributed by atoms with van der Waals surface area (Å²) in [5, 5.41) is -0.234. The Morgan fingerprint density at radius 2 is 1.87 bits per heavy atom. The number of Topliss-reactive ketones (excluding diaryl/α,β-unsaturated/α-hetero) is 1. The number of carbonyl (C=O) groups excluding carboxylic acids is 2. The van der Waals surface area contributed by atoms with Crippen LogP contribution in [-0.4, -0.2) is 34.6 Å². The number of nitrogens with zero attached hydrogens (tertiary/aromatic N) is 2. The molecule has 4 rings (SSSR count). The van der Waals surface area contributed by atoms with E-state index in [1.807, 2.05) is 6.07 Å². The van der Waals surface area contributed by atoms with Crippen molar-refractivity contribution in [2.24, 2.45) is 0 Å². The van der Waals surface area contributed by atoms with E-state index in [1.165, 1.54) is 24.4 Å². The molecule has 0 radical (unpaired) electrons. The van der Waals surface area contributed by atoms with Crippen molar-refractivity contribution >= 4 is 40.5 Å². The SMILES string of the molecule is O=C(Cc1cnccc1N1CCCC1)c1cc(C(=O)c2c(Cl)ccc(Cl)c2F)c[nH]1. The average molecular weight is 446 g/mol. The van der Waals surface area contributed by atoms with E-state index in [4.69, 9.17) is 23.2 Å². The molecule has 1 aromatic carbocycles. The van der Waals surface area contributed by atoms with Crippen molar-refractivity contribution in [2.45, 2.75) is 19.3 Å². The van der Waals surface area contributed by atoms with Gasteiger partial charge in [-0.25, -0.2) is 4.39 Å². The fourth-order valence-corrected chi connectivity index (χ4v) is 4.05. The van der Waals surface area contributed by atoms with Crippen LogP contribution in [0.1, 0.15) is 44.8 Å². The third kappa shape index (κ3) is 3.98. The molecule has 2 aromatic heterocycles. The van der Waals surface area contributed by atoms with Gasteiger partial charge in [-0.2, -0.15) is 0 Å². The van der Waals surface area contributed by atoms with Gasteiger partial charge >= 0.3 is 0 Å². The van der Waals surface area contributed by atoms with Crippen LogP contribution in [-0.2, 0) is 6.42 Å². The standard InChI is InChI=1S/C22H18Cl2FN3O2/c23-15-3-4-16(24)21(25)20(15)22(30)14-9-17(27-12-14)19(29)10-13-11-26-6-5-18(13)28-7-1-2-8-28/h3-6,9,11-12,27H,1-2,7-8,10H2. The van der Waals surface area contributed by atoms with Crippen LogP contribution in [0, 0.1) is 5.82 Å². The Balaban J connectivity index is 1.56. The number of ketones is 2. The largest absolute Gasteiger partial charge is 0.371 e. The van der Waals surface area contributed by atoms with Crippen LogP contribution in [0.25, 0.3) is 0 Å². The second-order valence-electron chi connectivity index (χ2n) is 7.15. The molecule has 0 amide bonds. The van der Waals surface area contributed by atoms with E-state index in [2.05, 4.69) is 14.9 Å². The van der Waals surface area contributed by atoms with Gasteiger partial charge in [0.1, 0.15) is 0 Å². The lowest BCUT2D eigenvalue weighted by atomic mass is 10.0. The highest BCUT2D eigenvalue weighted by Crippen LogP contribution is 2.28. The lowest BCUT2D eigenvalue weighted by Crippen LogP contribution is -2.20. The van der Waals surface area contributed by atoms with Crippen molar-refractivity contribution in [3.63, 3.8) is 0 Å². The van der Waals surface area contributed by atoms with Crippen LogP contribution in [0.3, 0.4) is 0 Å². The number of hydrogen-bond donors (Lipinski definition) is 1. The third-order valence-corrected chi connectivity index (χ3v) is 5.80. The number of aromatic nitrogens is 2. The van der Waals surface area contributed by atoms with Crippen LogP contribution in [0.4, 0.5) is 10.1 Å². The summed E-state index contributed by atoms with van der Waals surface area (Å²) in [5.74, 6) is -1.72. The Kier molecular flexibility index (Phi) is 5.88. The molecule has 0 bridgehead atoms. The molecule has 0 unspecified atom stereocenters. The van der Waals surface area contributed by atoms with Crippen molar-refractivity contribution in [1.29, 1.82) is 0 Å². The minimum atomic E-state index is -0.881. The van der Waals surface area contributed by atoms with Gasteiger partial charge in [0.05, 0.1) is 21.3 Å². The lowest BCUT2D eigenvalue weighted by Gasteiger charge is -2.20. The molecule has 30 heavy (non-hydrogen) atoms. The molecule has 5 nitrogen and oxygen atoms in total. The maximum Gasteiger partial charge on any atom is 0.199 e. The van der Waals surface area contributed by atoms with E-state index >= 15 is 0 Å². The van der Waals surface area contributed by atoms with Crippen molar-refractivity contribution in [1.82, 2.24) is 9.97 Å². The monoisotopic (exact) mass is 445 g/mol. The zero-order valence-electron chi connectivity index (χ0n) is 15.9. The summed E-state index contributed by atoms with van der Waals surface area (Å²) in [5.41, 5.74) is 1.91. The summed E-state index contributed by atoms with van der Waals surface area (Å²) < 4.78 is 14.3. The number of benzene rings is 1. The number of halogens is 3. The first-order valence-corrected chi connectivity index (χ1v) is 10.3. The van der Waals surface area contributed by atoms with Gasteiger partial charge in [-0.15, -0.1) is 0 Å². The Morgan fingerprint density at radius 3 is 2.63 bits per heavy atom. The predicted octanol–water partition coefficient (Wildman–Crippen LogP) is 5.11. The maximum atomic E-state index is 14.3. The lowest BCUT2D eigenvalue weighted by molar-refractivity contribution is 0.0988. The molecule has 154 valence electrons. The fraction of sp³-hybridized carbons (Fsp3) is 0.227.